The number of rotatable bonds is 5. The molecule has 0 spiro atoms. The van der Waals surface area contributed by atoms with Gasteiger partial charge in [-0.15, -0.1) is 24.8 Å². The molecule has 1 aromatic carbocycles. The fraction of sp³-hybridized carbons (Fsp3) is 0.588. The molecule has 1 fully saturated rings. The number of anilines is 1. The van der Waals surface area contributed by atoms with E-state index < -0.39 is 0 Å². The molecule has 1 amide bonds. The van der Waals surface area contributed by atoms with Gasteiger partial charge in [0.1, 0.15) is 0 Å². The second kappa shape index (κ2) is 10.7. The van der Waals surface area contributed by atoms with E-state index in [1.54, 1.807) is 0 Å². The Balaban J connectivity index is 0.00000242. The first-order valence-corrected chi connectivity index (χ1v) is 7.89. The van der Waals surface area contributed by atoms with Crippen molar-refractivity contribution < 1.29 is 4.79 Å². The quantitative estimate of drug-likeness (QED) is 0.792. The minimum atomic E-state index is 0. The summed E-state index contributed by atoms with van der Waals surface area (Å²) in [5.74, 6) is 0.922. The number of nitrogens with two attached hydrogens (primary N) is 1. The van der Waals surface area contributed by atoms with E-state index in [4.69, 9.17) is 5.73 Å². The zero-order chi connectivity index (χ0) is 15.2. The Bertz CT molecular complexity index is 459. The molecule has 2 rings (SSSR count). The fourth-order valence-corrected chi connectivity index (χ4v) is 2.74. The molecule has 0 aliphatic carbocycles. The van der Waals surface area contributed by atoms with Crippen LogP contribution in [0.3, 0.4) is 0 Å². The highest BCUT2D eigenvalue weighted by atomic mass is 35.5. The predicted octanol–water partition coefficient (Wildman–Crippen LogP) is 2.89. The van der Waals surface area contributed by atoms with Crippen LogP contribution in [-0.2, 0) is 11.2 Å². The van der Waals surface area contributed by atoms with Gasteiger partial charge in [0.2, 0.25) is 5.91 Å². The topological polar surface area (TPSA) is 58.4 Å². The SMILES string of the molecule is CC1CCN(C(C)CNC(=O)Cc2ccc(N)cc2)CC1.Cl.Cl. The maximum atomic E-state index is 12.0. The van der Waals surface area contributed by atoms with Crippen molar-refractivity contribution in [3.63, 3.8) is 0 Å². The summed E-state index contributed by atoms with van der Waals surface area (Å²) in [6.07, 6.45) is 2.96. The molecule has 1 atom stereocenters. The van der Waals surface area contributed by atoms with Crippen LogP contribution in [0.25, 0.3) is 0 Å². The number of carbonyl (C=O) groups is 1. The molecule has 3 N–H and O–H groups in total. The lowest BCUT2D eigenvalue weighted by Gasteiger charge is -2.35. The molecule has 1 saturated heterocycles. The van der Waals surface area contributed by atoms with Gasteiger partial charge < -0.3 is 11.1 Å². The summed E-state index contributed by atoms with van der Waals surface area (Å²) >= 11 is 0. The van der Waals surface area contributed by atoms with Gasteiger partial charge in [-0.25, -0.2) is 0 Å². The molecule has 0 radical (unpaired) electrons. The molecule has 0 saturated carbocycles. The lowest BCUT2D eigenvalue weighted by Crippen LogP contribution is -2.45. The fourth-order valence-electron chi connectivity index (χ4n) is 2.74. The van der Waals surface area contributed by atoms with Crippen LogP contribution in [0, 0.1) is 5.92 Å². The summed E-state index contributed by atoms with van der Waals surface area (Å²) in [4.78, 5) is 14.5. The number of carbonyl (C=O) groups excluding carboxylic acids is 1. The van der Waals surface area contributed by atoms with Crippen LogP contribution in [0.2, 0.25) is 0 Å². The summed E-state index contributed by atoms with van der Waals surface area (Å²) < 4.78 is 0. The molecule has 1 aliphatic heterocycles. The van der Waals surface area contributed by atoms with Crippen LogP contribution >= 0.6 is 24.8 Å². The number of hydrogen-bond donors (Lipinski definition) is 2. The first kappa shape index (κ1) is 22.0. The molecule has 0 aromatic heterocycles. The van der Waals surface area contributed by atoms with E-state index in [0.29, 0.717) is 12.5 Å². The molecule has 1 aromatic rings. The van der Waals surface area contributed by atoms with E-state index in [2.05, 4.69) is 24.1 Å². The van der Waals surface area contributed by atoms with Crippen LogP contribution in [0.5, 0.6) is 0 Å². The summed E-state index contributed by atoms with van der Waals surface area (Å²) in [5.41, 5.74) is 7.37. The van der Waals surface area contributed by atoms with Crippen LogP contribution in [0.1, 0.15) is 32.3 Å². The molecule has 132 valence electrons. The molecule has 23 heavy (non-hydrogen) atoms. The minimum absolute atomic E-state index is 0. The van der Waals surface area contributed by atoms with E-state index >= 15 is 0 Å². The Labute approximate surface area is 152 Å². The van der Waals surface area contributed by atoms with Crippen LogP contribution in [0.15, 0.2) is 24.3 Å². The van der Waals surface area contributed by atoms with Crippen molar-refractivity contribution in [1.29, 1.82) is 0 Å². The molecule has 1 aliphatic rings. The highest BCUT2D eigenvalue weighted by molar-refractivity contribution is 5.85. The van der Waals surface area contributed by atoms with Crippen molar-refractivity contribution >= 4 is 36.4 Å². The zero-order valence-electron chi connectivity index (χ0n) is 14.0. The first-order valence-electron chi connectivity index (χ1n) is 7.89. The number of hydrogen-bond acceptors (Lipinski definition) is 3. The number of nitrogens with one attached hydrogen (secondary N) is 1. The van der Waals surface area contributed by atoms with Crippen molar-refractivity contribution in [2.24, 2.45) is 5.92 Å². The van der Waals surface area contributed by atoms with E-state index in [1.807, 2.05) is 24.3 Å². The number of likely N-dealkylation sites (tertiary alicyclic amines) is 1. The number of piperidine rings is 1. The Hall–Kier alpha value is -0.970. The molecular formula is C17H29Cl2N3O. The first-order chi connectivity index (χ1) is 10.0. The molecular weight excluding hydrogens is 333 g/mol. The number of nitrogens with zero attached hydrogens (tertiary/aromatic N) is 1. The minimum Gasteiger partial charge on any atom is -0.399 e. The van der Waals surface area contributed by atoms with Gasteiger partial charge in [-0.3, -0.25) is 9.69 Å². The highest BCUT2D eigenvalue weighted by Gasteiger charge is 2.20. The van der Waals surface area contributed by atoms with Gasteiger partial charge in [0, 0.05) is 18.3 Å². The Morgan fingerprint density at radius 2 is 1.83 bits per heavy atom. The second-order valence-corrected chi connectivity index (χ2v) is 6.29. The maximum absolute atomic E-state index is 12.0. The third-order valence-electron chi connectivity index (χ3n) is 4.38. The maximum Gasteiger partial charge on any atom is 0.224 e. The van der Waals surface area contributed by atoms with E-state index in [0.717, 1.165) is 36.8 Å². The second-order valence-electron chi connectivity index (χ2n) is 6.29. The lowest BCUT2D eigenvalue weighted by atomic mass is 9.98. The smallest absolute Gasteiger partial charge is 0.224 e. The van der Waals surface area contributed by atoms with Gasteiger partial charge in [-0.2, -0.15) is 0 Å². The monoisotopic (exact) mass is 361 g/mol. The summed E-state index contributed by atoms with van der Waals surface area (Å²) in [7, 11) is 0. The van der Waals surface area contributed by atoms with E-state index in [9.17, 15) is 4.79 Å². The molecule has 1 unspecified atom stereocenters. The molecule has 6 heteroatoms. The van der Waals surface area contributed by atoms with Crippen LogP contribution in [-0.4, -0.2) is 36.5 Å². The van der Waals surface area contributed by atoms with E-state index in [-0.39, 0.29) is 30.7 Å². The van der Waals surface area contributed by atoms with E-state index in [1.165, 1.54) is 12.8 Å². The van der Waals surface area contributed by atoms with Gasteiger partial charge in [-0.1, -0.05) is 19.1 Å². The Morgan fingerprint density at radius 1 is 1.26 bits per heavy atom. The van der Waals surface area contributed by atoms with Crippen molar-refractivity contribution in [3.05, 3.63) is 29.8 Å². The van der Waals surface area contributed by atoms with Crippen molar-refractivity contribution in [2.45, 2.75) is 39.2 Å². The zero-order valence-corrected chi connectivity index (χ0v) is 15.6. The van der Waals surface area contributed by atoms with Gasteiger partial charge in [0.25, 0.3) is 0 Å². The van der Waals surface area contributed by atoms with Crippen molar-refractivity contribution in [1.82, 2.24) is 10.2 Å². The van der Waals surface area contributed by atoms with Crippen LogP contribution in [0.4, 0.5) is 5.69 Å². The number of nitrogen functional groups attached to an aromatic ring is 1. The predicted molar refractivity (Wildman–Crippen MR) is 101 cm³/mol. The third kappa shape index (κ3) is 7.42. The van der Waals surface area contributed by atoms with Gasteiger partial charge in [0.15, 0.2) is 0 Å². The number of halogens is 2. The number of amides is 1. The van der Waals surface area contributed by atoms with Crippen LogP contribution < -0.4 is 11.1 Å². The third-order valence-corrected chi connectivity index (χ3v) is 4.38. The summed E-state index contributed by atoms with van der Waals surface area (Å²) in [6, 6.07) is 7.89. The van der Waals surface area contributed by atoms with Gasteiger partial charge in [0.05, 0.1) is 6.42 Å². The normalized spacial score (nSPS) is 16.8. The molecule has 4 nitrogen and oxygen atoms in total. The molecule has 0 bridgehead atoms. The Kier molecular flexibility index (Phi) is 10.3. The highest BCUT2D eigenvalue weighted by Crippen LogP contribution is 2.17. The molecule has 1 heterocycles. The lowest BCUT2D eigenvalue weighted by molar-refractivity contribution is -0.120. The van der Waals surface area contributed by atoms with Gasteiger partial charge in [-0.05, 0) is 56.5 Å². The largest absolute Gasteiger partial charge is 0.399 e. The van der Waals surface area contributed by atoms with Gasteiger partial charge >= 0.3 is 0 Å². The standard InChI is InChI=1S/C17H27N3O.2ClH/c1-13-7-9-20(10-8-13)14(2)12-19-17(21)11-15-3-5-16(18)6-4-15;;/h3-6,13-14H,7-12,18H2,1-2H3,(H,19,21);2*1H. The summed E-state index contributed by atoms with van der Waals surface area (Å²) in [5, 5.41) is 3.04. The number of benzene rings is 1. The average molecular weight is 362 g/mol. The van der Waals surface area contributed by atoms with Crippen molar-refractivity contribution in [3.8, 4) is 0 Å². The van der Waals surface area contributed by atoms with Crippen molar-refractivity contribution in [2.75, 3.05) is 25.4 Å². The average Bonchev–Trinajstić information content (AvgIpc) is 2.48. The Morgan fingerprint density at radius 3 is 2.39 bits per heavy atom. The summed E-state index contributed by atoms with van der Waals surface area (Å²) in [6.45, 7) is 7.53.